The van der Waals surface area contributed by atoms with Crippen molar-refractivity contribution in [1.82, 2.24) is 14.8 Å². The summed E-state index contributed by atoms with van der Waals surface area (Å²) in [7, 11) is 1.61. The SMILES string of the molecule is COc1cccc(OC(C)c2nnc(SCC(=O)Nc3ccc(Cl)cc3Cl)n2CC(C)C)c1. The van der Waals surface area contributed by atoms with Crippen molar-refractivity contribution in [2.24, 2.45) is 5.92 Å². The first kappa shape index (κ1) is 25.2. The molecule has 3 aromatic rings. The second-order valence-electron chi connectivity index (χ2n) is 7.75. The first-order chi connectivity index (χ1) is 15.8. The largest absolute Gasteiger partial charge is 0.497 e. The molecule has 3 rings (SSSR count). The van der Waals surface area contributed by atoms with Crippen LogP contribution < -0.4 is 14.8 Å². The van der Waals surface area contributed by atoms with E-state index in [4.69, 9.17) is 32.7 Å². The number of amides is 1. The van der Waals surface area contributed by atoms with E-state index in [1.165, 1.54) is 11.8 Å². The quantitative estimate of drug-likeness (QED) is 0.332. The number of halogens is 2. The number of nitrogens with zero attached hydrogens (tertiary/aromatic N) is 3. The van der Waals surface area contributed by atoms with Crippen LogP contribution in [0.5, 0.6) is 11.5 Å². The van der Waals surface area contributed by atoms with Gasteiger partial charge in [-0.2, -0.15) is 0 Å². The van der Waals surface area contributed by atoms with E-state index >= 15 is 0 Å². The van der Waals surface area contributed by atoms with E-state index in [0.717, 1.165) is 0 Å². The highest BCUT2D eigenvalue weighted by atomic mass is 35.5. The molecule has 0 radical (unpaired) electrons. The fourth-order valence-corrected chi connectivity index (χ4v) is 4.29. The molecule has 1 atom stereocenters. The van der Waals surface area contributed by atoms with E-state index in [1.807, 2.05) is 35.8 Å². The molecule has 1 heterocycles. The van der Waals surface area contributed by atoms with Crippen molar-refractivity contribution in [3.05, 3.63) is 58.3 Å². The third-order valence-corrected chi connectivity index (χ3v) is 6.06. The fourth-order valence-electron chi connectivity index (χ4n) is 3.08. The molecule has 0 aliphatic heterocycles. The minimum absolute atomic E-state index is 0.153. The molecule has 10 heteroatoms. The molecule has 0 aliphatic carbocycles. The van der Waals surface area contributed by atoms with Gasteiger partial charge in [-0.05, 0) is 43.2 Å². The predicted molar refractivity (Wildman–Crippen MR) is 133 cm³/mol. The van der Waals surface area contributed by atoms with Crippen molar-refractivity contribution in [1.29, 1.82) is 0 Å². The Morgan fingerprint density at radius 1 is 1.12 bits per heavy atom. The molecule has 1 amide bonds. The molecular formula is C23H26Cl2N4O3S. The zero-order chi connectivity index (χ0) is 24.0. The number of rotatable bonds is 10. The molecule has 0 saturated heterocycles. The van der Waals surface area contributed by atoms with Crippen LogP contribution in [-0.2, 0) is 11.3 Å². The monoisotopic (exact) mass is 508 g/mol. The summed E-state index contributed by atoms with van der Waals surface area (Å²) in [6.07, 6.45) is -0.348. The third kappa shape index (κ3) is 7.03. The maximum absolute atomic E-state index is 12.5. The summed E-state index contributed by atoms with van der Waals surface area (Å²) in [5, 5.41) is 13.0. The van der Waals surface area contributed by atoms with Crippen LogP contribution in [0.25, 0.3) is 0 Å². The van der Waals surface area contributed by atoms with Gasteiger partial charge in [0.15, 0.2) is 17.1 Å². The molecule has 2 aromatic carbocycles. The lowest BCUT2D eigenvalue weighted by Crippen LogP contribution is -2.17. The lowest BCUT2D eigenvalue weighted by atomic mass is 10.2. The number of aromatic nitrogens is 3. The lowest BCUT2D eigenvalue weighted by Gasteiger charge is -2.18. The molecule has 1 unspecified atom stereocenters. The second-order valence-corrected chi connectivity index (χ2v) is 9.53. The van der Waals surface area contributed by atoms with Gasteiger partial charge in [0.1, 0.15) is 11.5 Å². The first-order valence-corrected chi connectivity index (χ1v) is 12.1. The number of thioether (sulfide) groups is 1. The van der Waals surface area contributed by atoms with Crippen LogP contribution in [0.1, 0.15) is 32.7 Å². The van der Waals surface area contributed by atoms with Gasteiger partial charge in [-0.1, -0.05) is 54.9 Å². The number of methoxy groups -OCH3 is 1. The average Bonchev–Trinajstić information content (AvgIpc) is 3.16. The Balaban J connectivity index is 1.71. The Bertz CT molecular complexity index is 1110. The van der Waals surface area contributed by atoms with Crippen LogP contribution in [0.2, 0.25) is 10.0 Å². The maximum atomic E-state index is 12.5. The standard InChI is InChI=1S/C23H26Cl2N4O3S/c1-14(2)12-29-22(15(3)32-18-7-5-6-17(11-18)31-4)27-28-23(29)33-13-21(30)26-20-9-8-16(24)10-19(20)25/h5-11,14-15H,12-13H2,1-4H3,(H,26,30). The second kappa shape index (κ2) is 11.6. The van der Waals surface area contributed by atoms with Gasteiger partial charge in [0, 0.05) is 17.6 Å². The van der Waals surface area contributed by atoms with Gasteiger partial charge in [-0.25, -0.2) is 0 Å². The van der Waals surface area contributed by atoms with E-state index in [2.05, 4.69) is 29.4 Å². The summed E-state index contributed by atoms with van der Waals surface area (Å²) < 4.78 is 13.4. The van der Waals surface area contributed by atoms with Crippen LogP contribution in [0.4, 0.5) is 5.69 Å². The normalized spacial score (nSPS) is 12.0. The van der Waals surface area contributed by atoms with Crippen LogP contribution in [-0.4, -0.2) is 33.5 Å². The highest BCUT2D eigenvalue weighted by Crippen LogP contribution is 2.28. The third-order valence-electron chi connectivity index (χ3n) is 4.55. The number of nitrogens with one attached hydrogen (secondary N) is 1. The van der Waals surface area contributed by atoms with Gasteiger partial charge in [0.25, 0.3) is 0 Å². The lowest BCUT2D eigenvalue weighted by molar-refractivity contribution is -0.113. The highest BCUT2D eigenvalue weighted by Gasteiger charge is 2.21. The van der Waals surface area contributed by atoms with E-state index in [1.54, 1.807) is 25.3 Å². The minimum atomic E-state index is -0.348. The molecule has 0 fully saturated rings. The number of anilines is 1. The summed E-state index contributed by atoms with van der Waals surface area (Å²) in [5.74, 6) is 2.38. The summed E-state index contributed by atoms with van der Waals surface area (Å²) in [5.41, 5.74) is 0.510. The molecule has 0 aliphatic rings. The van der Waals surface area contributed by atoms with E-state index in [-0.39, 0.29) is 17.8 Å². The van der Waals surface area contributed by atoms with Crippen molar-refractivity contribution in [3.63, 3.8) is 0 Å². The Morgan fingerprint density at radius 2 is 1.88 bits per heavy atom. The molecule has 7 nitrogen and oxygen atoms in total. The first-order valence-electron chi connectivity index (χ1n) is 10.4. The number of benzene rings is 2. The zero-order valence-corrected chi connectivity index (χ0v) is 21.2. The molecule has 33 heavy (non-hydrogen) atoms. The summed E-state index contributed by atoms with van der Waals surface area (Å²) in [6.45, 7) is 6.84. The number of hydrogen-bond acceptors (Lipinski definition) is 6. The van der Waals surface area contributed by atoms with Gasteiger partial charge < -0.3 is 19.4 Å². The molecule has 0 saturated carbocycles. The van der Waals surface area contributed by atoms with Crippen molar-refractivity contribution in [3.8, 4) is 11.5 Å². The molecule has 1 aromatic heterocycles. The fraction of sp³-hybridized carbons (Fsp3) is 0.348. The van der Waals surface area contributed by atoms with Gasteiger partial charge in [-0.3, -0.25) is 4.79 Å². The molecule has 0 spiro atoms. The van der Waals surface area contributed by atoms with Gasteiger partial charge in [-0.15, -0.1) is 10.2 Å². The topological polar surface area (TPSA) is 78.3 Å². The predicted octanol–water partition coefficient (Wildman–Crippen LogP) is 6.12. The Hall–Kier alpha value is -2.42. The van der Waals surface area contributed by atoms with E-state index < -0.39 is 0 Å². The molecule has 1 N–H and O–H groups in total. The Labute approximate surface area is 207 Å². The van der Waals surface area contributed by atoms with Crippen LogP contribution in [0.3, 0.4) is 0 Å². The Morgan fingerprint density at radius 3 is 2.58 bits per heavy atom. The number of carbonyl (C=O) groups is 1. The minimum Gasteiger partial charge on any atom is -0.497 e. The van der Waals surface area contributed by atoms with Crippen molar-refractivity contribution >= 4 is 46.6 Å². The number of carbonyl (C=O) groups excluding carboxylic acids is 1. The summed E-state index contributed by atoms with van der Waals surface area (Å²) >= 11 is 13.4. The van der Waals surface area contributed by atoms with Gasteiger partial charge in [0.05, 0.1) is 23.6 Å². The van der Waals surface area contributed by atoms with Crippen molar-refractivity contribution < 1.29 is 14.3 Å². The molecule has 0 bridgehead atoms. The number of hydrogen-bond donors (Lipinski definition) is 1. The Kier molecular flexibility index (Phi) is 8.88. The molecule has 176 valence electrons. The average molecular weight is 509 g/mol. The van der Waals surface area contributed by atoms with Gasteiger partial charge in [0.2, 0.25) is 5.91 Å². The molecular weight excluding hydrogens is 483 g/mol. The summed E-state index contributed by atoms with van der Waals surface area (Å²) in [4.78, 5) is 12.5. The maximum Gasteiger partial charge on any atom is 0.234 e. The zero-order valence-electron chi connectivity index (χ0n) is 18.8. The highest BCUT2D eigenvalue weighted by molar-refractivity contribution is 7.99. The van der Waals surface area contributed by atoms with E-state index in [0.29, 0.717) is 50.7 Å². The van der Waals surface area contributed by atoms with Crippen LogP contribution in [0, 0.1) is 5.92 Å². The van der Waals surface area contributed by atoms with Crippen LogP contribution in [0.15, 0.2) is 47.6 Å². The smallest absolute Gasteiger partial charge is 0.234 e. The van der Waals surface area contributed by atoms with Crippen molar-refractivity contribution in [2.45, 2.75) is 38.6 Å². The van der Waals surface area contributed by atoms with Crippen molar-refractivity contribution in [2.75, 3.05) is 18.2 Å². The summed E-state index contributed by atoms with van der Waals surface area (Å²) in [6, 6.07) is 12.3. The van der Waals surface area contributed by atoms with Crippen LogP contribution >= 0.6 is 35.0 Å². The number of ether oxygens (including phenoxy) is 2. The van der Waals surface area contributed by atoms with E-state index in [9.17, 15) is 4.79 Å². The van der Waals surface area contributed by atoms with Gasteiger partial charge >= 0.3 is 0 Å².